The largest absolute Gasteiger partial charge is 0.478 e. The van der Waals surface area contributed by atoms with E-state index in [0.717, 1.165) is 0 Å². The molecule has 116 valence electrons. The molecular weight excluding hydrogens is 276 g/mol. The van der Waals surface area contributed by atoms with E-state index in [4.69, 9.17) is 14.6 Å². The Bertz CT molecular complexity index is 490. The predicted molar refractivity (Wildman–Crippen MR) is 77.9 cm³/mol. The van der Waals surface area contributed by atoms with Crippen molar-refractivity contribution >= 4 is 17.7 Å². The summed E-state index contributed by atoms with van der Waals surface area (Å²) in [6, 6.07) is 4.31. The molecule has 0 aliphatic rings. The Morgan fingerprint density at radius 3 is 2.67 bits per heavy atom. The summed E-state index contributed by atoms with van der Waals surface area (Å²) in [7, 11) is 1.59. The molecule has 1 rings (SSSR count). The monoisotopic (exact) mass is 296 g/mol. The van der Waals surface area contributed by atoms with Gasteiger partial charge in [0.05, 0.1) is 25.4 Å². The molecule has 7 nitrogen and oxygen atoms in total. The molecule has 0 saturated carbocycles. The molecule has 3 N–H and O–H groups in total. The van der Waals surface area contributed by atoms with Gasteiger partial charge < -0.3 is 25.2 Å². The van der Waals surface area contributed by atoms with Gasteiger partial charge in [-0.2, -0.15) is 0 Å². The van der Waals surface area contributed by atoms with Crippen LogP contribution < -0.4 is 10.6 Å². The molecule has 1 aromatic carbocycles. The van der Waals surface area contributed by atoms with E-state index >= 15 is 0 Å². The van der Waals surface area contributed by atoms with Gasteiger partial charge in [0, 0.05) is 19.3 Å². The number of carbonyl (C=O) groups excluding carboxylic acids is 1. The smallest absolute Gasteiger partial charge is 0.336 e. The van der Waals surface area contributed by atoms with E-state index in [1.807, 2.05) is 0 Å². The minimum atomic E-state index is -1.02. The maximum absolute atomic E-state index is 11.6. The van der Waals surface area contributed by atoms with Gasteiger partial charge in [-0.3, -0.25) is 0 Å². The Morgan fingerprint density at radius 1 is 1.24 bits per heavy atom. The summed E-state index contributed by atoms with van der Waals surface area (Å²) in [6.45, 7) is 3.41. The van der Waals surface area contributed by atoms with Gasteiger partial charge in [-0.1, -0.05) is 6.07 Å². The molecule has 0 aliphatic heterocycles. The second kappa shape index (κ2) is 8.93. The second-order valence-electron chi connectivity index (χ2n) is 4.32. The van der Waals surface area contributed by atoms with E-state index < -0.39 is 12.0 Å². The summed E-state index contributed by atoms with van der Waals surface area (Å²) in [5, 5.41) is 14.2. The Balaban J connectivity index is 2.38. The summed E-state index contributed by atoms with van der Waals surface area (Å²) in [6.07, 6.45) is 0. The summed E-state index contributed by atoms with van der Waals surface area (Å²) in [5.74, 6) is -1.02. The van der Waals surface area contributed by atoms with Crippen LogP contribution >= 0.6 is 0 Å². The lowest BCUT2D eigenvalue weighted by Gasteiger charge is -2.09. The number of carboxylic acids is 1. The van der Waals surface area contributed by atoms with Gasteiger partial charge in [0.25, 0.3) is 0 Å². The van der Waals surface area contributed by atoms with Crippen molar-refractivity contribution in [2.75, 3.05) is 38.8 Å². The number of anilines is 1. The molecular formula is C14H20N2O5. The van der Waals surface area contributed by atoms with E-state index in [2.05, 4.69) is 10.6 Å². The molecule has 0 aromatic heterocycles. The number of rotatable bonds is 8. The van der Waals surface area contributed by atoms with Crippen LogP contribution in [0.1, 0.15) is 15.9 Å². The van der Waals surface area contributed by atoms with Crippen molar-refractivity contribution in [2.45, 2.75) is 6.92 Å². The van der Waals surface area contributed by atoms with Crippen molar-refractivity contribution in [1.82, 2.24) is 5.32 Å². The van der Waals surface area contributed by atoms with Crippen LogP contribution in [0.5, 0.6) is 0 Å². The van der Waals surface area contributed by atoms with Crippen molar-refractivity contribution < 1.29 is 24.2 Å². The summed E-state index contributed by atoms with van der Waals surface area (Å²) in [5.41, 5.74) is 1.23. The van der Waals surface area contributed by atoms with Crippen LogP contribution in [0.2, 0.25) is 0 Å². The number of urea groups is 1. The highest BCUT2D eigenvalue weighted by molar-refractivity contribution is 5.94. The number of nitrogens with one attached hydrogen (secondary N) is 2. The minimum absolute atomic E-state index is 0.163. The average molecular weight is 296 g/mol. The van der Waals surface area contributed by atoms with Gasteiger partial charge in [0.1, 0.15) is 0 Å². The number of benzene rings is 1. The summed E-state index contributed by atoms with van der Waals surface area (Å²) >= 11 is 0. The lowest BCUT2D eigenvalue weighted by molar-refractivity contribution is 0.0696. The van der Waals surface area contributed by atoms with Crippen molar-refractivity contribution in [1.29, 1.82) is 0 Å². The molecule has 0 heterocycles. The van der Waals surface area contributed by atoms with Gasteiger partial charge in [-0.25, -0.2) is 9.59 Å². The first-order chi connectivity index (χ1) is 10.0. The Labute approximate surface area is 123 Å². The van der Waals surface area contributed by atoms with Gasteiger partial charge in [-0.05, 0) is 24.6 Å². The van der Waals surface area contributed by atoms with Crippen LogP contribution in [-0.4, -0.2) is 50.6 Å². The SMILES string of the molecule is COCCOCCNC(=O)Nc1ccc(C)c(C(=O)O)c1. The Hall–Kier alpha value is -2.12. The number of methoxy groups -OCH3 is 1. The Morgan fingerprint density at radius 2 is 2.00 bits per heavy atom. The lowest BCUT2D eigenvalue weighted by atomic mass is 10.1. The Kier molecular flexibility index (Phi) is 7.20. The fourth-order valence-electron chi connectivity index (χ4n) is 1.59. The zero-order chi connectivity index (χ0) is 15.7. The molecule has 2 amide bonds. The van der Waals surface area contributed by atoms with Crippen LogP contribution in [0.4, 0.5) is 10.5 Å². The van der Waals surface area contributed by atoms with E-state index in [9.17, 15) is 9.59 Å². The second-order valence-corrected chi connectivity index (χ2v) is 4.32. The van der Waals surface area contributed by atoms with Crippen molar-refractivity contribution in [3.05, 3.63) is 29.3 Å². The average Bonchev–Trinajstić information content (AvgIpc) is 2.44. The maximum Gasteiger partial charge on any atom is 0.336 e. The molecule has 0 saturated heterocycles. The van der Waals surface area contributed by atoms with Crippen molar-refractivity contribution in [3.8, 4) is 0 Å². The van der Waals surface area contributed by atoms with Gasteiger partial charge in [-0.15, -0.1) is 0 Å². The number of ether oxygens (including phenoxy) is 2. The number of aromatic carboxylic acids is 1. The van der Waals surface area contributed by atoms with Crippen LogP contribution in [0.15, 0.2) is 18.2 Å². The third-order valence-corrected chi connectivity index (χ3v) is 2.69. The molecule has 0 radical (unpaired) electrons. The predicted octanol–water partition coefficient (Wildman–Crippen LogP) is 1.48. The van der Waals surface area contributed by atoms with Crippen LogP contribution in [-0.2, 0) is 9.47 Å². The highest BCUT2D eigenvalue weighted by Crippen LogP contribution is 2.15. The molecule has 0 unspecified atom stereocenters. The third-order valence-electron chi connectivity index (χ3n) is 2.69. The zero-order valence-corrected chi connectivity index (χ0v) is 12.1. The first kappa shape index (κ1) is 16.9. The number of carbonyl (C=O) groups is 2. The van der Waals surface area contributed by atoms with Crippen LogP contribution in [0.3, 0.4) is 0 Å². The van der Waals surface area contributed by atoms with Gasteiger partial charge in [0.2, 0.25) is 0 Å². The van der Waals surface area contributed by atoms with E-state index in [1.165, 1.54) is 6.07 Å². The lowest BCUT2D eigenvalue weighted by Crippen LogP contribution is -2.31. The molecule has 0 fully saturated rings. The number of carboxylic acid groups (broad SMARTS) is 1. The first-order valence-electron chi connectivity index (χ1n) is 6.50. The normalized spacial score (nSPS) is 10.2. The fourth-order valence-corrected chi connectivity index (χ4v) is 1.59. The minimum Gasteiger partial charge on any atom is -0.478 e. The third kappa shape index (κ3) is 6.24. The van der Waals surface area contributed by atoms with Gasteiger partial charge >= 0.3 is 12.0 Å². The highest BCUT2D eigenvalue weighted by Gasteiger charge is 2.09. The molecule has 0 bridgehead atoms. The number of aryl methyl sites for hydroxylation is 1. The van der Waals surface area contributed by atoms with E-state index in [1.54, 1.807) is 26.2 Å². The summed E-state index contributed by atoms with van der Waals surface area (Å²) < 4.78 is 10.0. The van der Waals surface area contributed by atoms with Crippen molar-refractivity contribution in [2.24, 2.45) is 0 Å². The number of amides is 2. The number of hydrogen-bond acceptors (Lipinski definition) is 4. The molecule has 0 spiro atoms. The quantitative estimate of drug-likeness (QED) is 0.631. The van der Waals surface area contributed by atoms with Crippen LogP contribution in [0, 0.1) is 6.92 Å². The molecule has 21 heavy (non-hydrogen) atoms. The highest BCUT2D eigenvalue weighted by atomic mass is 16.5. The maximum atomic E-state index is 11.6. The molecule has 0 atom stereocenters. The topological polar surface area (TPSA) is 96.9 Å². The first-order valence-corrected chi connectivity index (χ1v) is 6.50. The molecule has 1 aromatic rings. The summed E-state index contributed by atoms with van der Waals surface area (Å²) in [4.78, 5) is 22.6. The van der Waals surface area contributed by atoms with E-state index in [0.29, 0.717) is 37.6 Å². The van der Waals surface area contributed by atoms with Crippen molar-refractivity contribution in [3.63, 3.8) is 0 Å². The number of hydrogen-bond donors (Lipinski definition) is 3. The fraction of sp³-hybridized carbons (Fsp3) is 0.429. The molecule has 0 aliphatic carbocycles. The van der Waals surface area contributed by atoms with Crippen LogP contribution in [0.25, 0.3) is 0 Å². The van der Waals surface area contributed by atoms with E-state index in [-0.39, 0.29) is 5.56 Å². The molecule has 7 heteroatoms. The zero-order valence-electron chi connectivity index (χ0n) is 12.1. The van der Waals surface area contributed by atoms with Gasteiger partial charge in [0.15, 0.2) is 0 Å². The standard InChI is InChI=1S/C14H20N2O5/c1-10-3-4-11(9-12(10)13(17)18)16-14(19)15-5-6-21-8-7-20-2/h3-4,9H,5-8H2,1-2H3,(H,17,18)(H2,15,16,19).